The van der Waals surface area contributed by atoms with Crippen LogP contribution in [0.5, 0.6) is 0 Å². The summed E-state index contributed by atoms with van der Waals surface area (Å²) in [6.45, 7) is 5.50. The first kappa shape index (κ1) is 21.3. The minimum absolute atomic E-state index is 0.0197. The number of nitrogens with one attached hydrogen (secondary N) is 1. The molecule has 0 aliphatic carbocycles. The monoisotopic (exact) mass is 438 g/mol. The lowest BCUT2D eigenvalue weighted by atomic mass is 10.1. The second-order valence-corrected chi connectivity index (χ2v) is 7.70. The Morgan fingerprint density at radius 2 is 1.69 bits per heavy atom. The minimum Gasteiger partial charge on any atom is -0.324 e. The quantitative estimate of drug-likeness (QED) is 0.517. The molecule has 0 spiro atoms. The van der Waals surface area contributed by atoms with Crippen molar-refractivity contribution >= 4 is 22.8 Å². The van der Waals surface area contributed by atoms with Crippen molar-refractivity contribution in [2.75, 3.05) is 5.32 Å². The molecule has 8 nitrogen and oxygen atoms in total. The van der Waals surface area contributed by atoms with Crippen LogP contribution in [0.15, 0.2) is 41.5 Å². The largest absolute Gasteiger partial charge is 0.324 e. The van der Waals surface area contributed by atoms with Gasteiger partial charge in [-0.15, -0.1) is 5.10 Å². The number of fused-ring (bicyclic) bond motifs is 1. The number of amides is 1. The number of benzene rings is 2. The number of rotatable bonds is 5. The van der Waals surface area contributed by atoms with Crippen LogP contribution in [0, 0.1) is 32.4 Å². The molecule has 2 heterocycles. The molecule has 10 heteroatoms. The van der Waals surface area contributed by atoms with Gasteiger partial charge in [0.2, 0.25) is 5.91 Å². The first-order chi connectivity index (χ1) is 15.2. The standard InChI is InChI=1S/C22H20F2N6O2/c1-12-4-13(2)19(14(3)5-12)26-18(31)10-29-11-25-21-20(22(29)32)27-28-30(21)9-15-6-16(23)8-17(24)7-15/h4-8,11H,9-10H2,1-3H3,(H,26,31). The zero-order valence-corrected chi connectivity index (χ0v) is 17.7. The molecule has 2 aromatic carbocycles. The van der Waals surface area contributed by atoms with Gasteiger partial charge in [-0.1, -0.05) is 22.9 Å². The second kappa shape index (κ2) is 8.29. The average molecular weight is 438 g/mol. The van der Waals surface area contributed by atoms with E-state index in [-0.39, 0.29) is 30.2 Å². The van der Waals surface area contributed by atoms with Crippen LogP contribution in [0.3, 0.4) is 0 Å². The van der Waals surface area contributed by atoms with E-state index in [4.69, 9.17) is 0 Å². The van der Waals surface area contributed by atoms with Crippen LogP contribution in [0.2, 0.25) is 0 Å². The number of aromatic nitrogens is 5. The van der Waals surface area contributed by atoms with E-state index in [0.717, 1.165) is 39.5 Å². The van der Waals surface area contributed by atoms with Crippen molar-refractivity contribution in [1.82, 2.24) is 24.5 Å². The molecule has 32 heavy (non-hydrogen) atoms. The Balaban J connectivity index is 1.57. The van der Waals surface area contributed by atoms with Gasteiger partial charge < -0.3 is 5.32 Å². The van der Waals surface area contributed by atoms with Crippen LogP contribution >= 0.6 is 0 Å². The summed E-state index contributed by atoms with van der Waals surface area (Å²) in [4.78, 5) is 29.5. The summed E-state index contributed by atoms with van der Waals surface area (Å²) in [5.41, 5.74) is 3.52. The average Bonchev–Trinajstić information content (AvgIpc) is 3.09. The predicted octanol–water partition coefficient (Wildman–Crippen LogP) is 2.88. The highest BCUT2D eigenvalue weighted by Crippen LogP contribution is 2.21. The molecule has 0 aliphatic heterocycles. The molecule has 2 aromatic heterocycles. The van der Waals surface area contributed by atoms with E-state index in [1.807, 2.05) is 32.9 Å². The SMILES string of the molecule is Cc1cc(C)c(NC(=O)Cn2cnc3c(nnn3Cc3cc(F)cc(F)c3)c2=O)c(C)c1. The van der Waals surface area contributed by atoms with Crippen molar-refractivity contribution in [3.05, 3.63) is 80.9 Å². The van der Waals surface area contributed by atoms with Crippen LogP contribution in [0.4, 0.5) is 14.5 Å². The van der Waals surface area contributed by atoms with Gasteiger partial charge >= 0.3 is 0 Å². The number of halogens is 2. The molecule has 1 N–H and O–H groups in total. The zero-order chi connectivity index (χ0) is 23.0. The summed E-state index contributed by atoms with van der Waals surface area (Å²) in [5.74, 6) is -1.82. The Kier molecular flexibility index (Phi) is 5.52. The fourth-order valence-electron chi connectivity index (χ4n) is 3.69. The van der Waals surface area contributed by atoms with E-state index in [1.54, 1.807) is 0 Å². The van der Waals surface area contributed by atoms with Gasteiger partial charge in [0.1, 0.15) is 24.5 Å². The van der Waals surface area contributed by atoms with Crippen LogP contribution in [-0.2, 0) is 17.9 Å². The molecular weight excluding hydrogens is 418 g/mol. The lowest BCUT2D eigenvalue weighted by Gasteiger charge is -2.13. The highest BCUT2D eigenvalue weighted by molar-refractivity contribution is 5.92. The molecule has 0 saturated carbocycles. The van der Waals surface area contributed by atoms with Crippen LogP contribution in [0.25, 0.3) is 11.2 Å². The van der Waals surface area contributed by atoms with Crippen LogP contribution < -0.4 is 10.9 Å². The van der Waals surface area contributed by atoms with E-state index in [9.17, 15) is 18.4 Å². The molecule has 0 bridgehead atoms. The third-order valence-electron chi connectivity index (χ3n) is 5.00. The highest BCUT2D eigenvalue weighted by Gasteiger charge is 2.15. The Morgan fingerprint density at radius 1 is 1.03 bits per heavy atom. The zero-order valence-electron chi connectivity index (χ0n) is 17.7. The Hall–Kier alpha value is -3.95. The van der Waals surface area contributed by atoms with E-state index in [1.165, 1.54) is 11.0 Å². The Labute approximate surface area is 181 Å². The van der Waals surface area contributed by atoms with Crippen molar-refractivity contribution in [2.24, 2.45) is 0 Å². The van der Waals surface area contributed by atoms with Gasteiger partial charge in [0.15, 0.2) is 11.2 Å². The normalized spacial score (nSPS) is 11.2. The number of nitrogens with zero attached hydrogens (tertiary/aromatic N) is 5. The molecular formula is C22H20F2N6O2. The maximum atomic E-state index is 13.4. The van der Waals surface area contributed by atoms with Gasteiger partial charge in [-0.3, -0.25) is 14.2 Å². The third kappa shape index (κ3) is 4.25. The van der Waals surface area contributed by atoms with Gasteiger partial charge in [-0.2, -0.15) is 0 Å². The van der Waals surface area contributed by atoms with Gasteiger partial charge in [0.25, 0.3) is 5.56 Å². The highest BCUT2D eigenvalue weighted by atomic mass is 19.1. The van der Waals surface area contributed by atoms with Crippen LogP contribution in [0.1, 0.15) is 22.3 Å². The molecule has 0 unspecified atom stereocenters. The van der Waals surface area contributed by atoms with Gasteiger partial charge in [-0.25, -0.2) is 18.4 Å². The molecule has 0 radical (unpaired) electrons. The van der Waals surface area contributed by atoms with Crippen molar-refractivity contribution in [3.8, 4) is 0 Å². The van der Waals surface area contributed by atoms with E-state index < -0.39 is 17.2 Å². The summed E-state index contributed by atoms with van der Waals surface area (Å²) in [6.07, 6.45) is 1.23. The second-order valence-electron chi connectivity index (χ2n) is 7.70. The van der Waals surface area contributed by atoms with Crippen molar-refractivity contribution in [1.29, 1.82) is 0 Å². The topological polar surface area (TPSA) is 94.7 Å². The van der Waals surface area contributed by atoms with E-state index in [0.29, 0.717) is 11.3 Å². The first-order valence-corrected chi connectivity index (χ1v) is 9.82. The fraction of sp³-hybridized carbons (Fsp3) is 0.227. The van der Waals surface area contributed by atoms with Crippen molar-refractivity contribution < 1.29 is 13.6 Å². The molecule has 0 fully saturated rings. The lowest BCUT2D eigenvalue weighted by Crippen LogP contribution is -2.28. The number of anilines is 1. The van der Waals surface area contributed by atoms with Crippen LogP contribution in [-0.4, -0.2) is 30.5 Å². The third-order valence-corrected chi connectivity index (χ3v) is 5.00. The smallest absolute Gasteiger partial charge is 0.283 e. The Bertz CT molecular complexity index is 1370. The lowest BCUT2D eigenvalue weighted by molar-refractivity contribution is -0.116. The van der Waals surface area contributed by atoms with Crippen molar-refractivity contribution in [2.45, 2.75) is 33.9 Å². The molecule has 1 amide bonds. The maximum Gasteiger partial charge on any atom is 0.283 e. The molecule has 0 atom stereocenters. The summed E-state index contributed by atoms with van der Waals surface area (Å²) in [5, 5.41) is 10.6. The van der Waals surface area contributed by atoms with Gasteiger partial charge in [-0.05, 0) is 49.6 Å². The first-order valence-electron chi connectivity index (χ1n) is 9.82. The minimum atomic E-state index is -0.718. The summed E-state index contributed by atoms with van der Waals surface area (Å²) >= 11 is 0. The molecule has 164 valence electrons. The summed E-state index contributed by atoms with van der Waals surface area (Å²) < 4.78 is 29.3. The van der Waals surface area contributed by atoms with Gasteiger partial charge in [0.05, 0.1) is 6.54 Å². The summed E-state index contributed by atoms with van der Waals surface area (Å²) in [6, 6.07) is 7.02. The summed E-state index contributed by atoms with van der Waals surface area (Å²) in [7, 11) is 0. The molecule has 4 aromatic rings. The molecule has 0 aliphatic rings. The molecule has 0 saturated heterocycles. The maximum absolute atomic E-state index is 13.4. The fourth-order valence-corrected chi connectivity index (χ4v) is 3.69. The van der Waals surface area contributed by atoms with E-state index >= 15 is 0 Å². The number of hydrogen-bond acceptors (Lipinski definition) is 5. The predicted molar refractivity (Wildman–Crippen MR) is 114 cm³/mol. The Morgan fingerprint density at radius 3 is 2.34 bits per heavy atom. The van der Waals surface area contributed by atoms with E-state index in [2.05, 4.69) is 20.6 Å². The number of carbonyl (C=O) groups is 1. The number of aryl methyl sites for hydroxylation is 3. The van der Waals surface area contributed by atoms with Gasteiger partial charge in [0, 0.05) is 11.8 Å². The molecule has 4 rings (SSSR count). The van der Waals surface area contributed by atoms with Crippen molar-refractivity contribution in [3.63, 3.8) is 0 Å². The number of hydrogen-bond donors (Lipinski definition) is 1. The number of carbonyl (C=O) groups excluding carboxylic acids is 1.